The first-order chi connectivity index (χ1) is 11.7. The average molecular weight is 320 g/mol. The molecule has 0 aliphatic carbocycles. The molecule has 24 heavy (non-hydrogen) atoms. The van der Waals surface area contributed by atoms with Crippen LogP contribution < -0.4 is 5.32 Å². The third-order valence-corrected chi connectivity index (χ3v) is 5.79. The van der Waals surface area contributed by atoms with Crippen molar-refractivity contribution in [1.29, 1.82) is 0 Å². The summed E-state index contributed by atoms with van der Waals surface area (Å²) in [6.45, 7) is 5.24. The molecule has 3 nitrogen and oxygen atoms in total. The minimum atomic E-state index is -0.296. The smallest absolute Gasteiger partial charge is 0.235 e. The minimum Gasteiger partial charge on any atom is -0.325 e. The Balaban J connectivity index is 1.42. The molecule has 0 atom stereocenters. The molecule has 1 amide bonds. The molecule has 0 unspecified atom stereocenters. The van der Waals surface area contributed by atoms with Crippen LogP contribution in [0.2, 0.25) is 0 Å². The van der Waals surface area contributed by atoms with Crippen molar-refractivity contribution >= 4 is 11.6 Å². The lowest BCUT2D eigenvalue weighted by molar-refractivity contribution is -0.122. The lowest BCUT2D eigenvalue weighted by atomic mass is 9.73. The molecule has 2 aliphatic rings. The zero-order valence-electron chi connectivity index (χ0n) is 14.2. The van der Waals surface area contributed by atoms with E-state index in [2.05, 4.69) is 47.5 Å². The van der Waals surface area contributed by atoms with E-state index in [0.29, 0.717) is 0 Å². The lowest BCUT2D eigenvalue weighted by Crippen LogP contribution is -2.46. The highest BCUT2D eigenvalue weighted by Gasteiger charge is 2.47. The molecule has 2 aromatic rings. The maximum atomic E-state index is 12.6. The minimum absolute atomic E-state index is 0.197. The summed E-state index contributed by atoms with van der Waals surface area (Å²) >= 11 is 0. The van der Waals surface area contributed by atoms with Gasteiger partial charge in [-0.1, -0.05) is 42.5 Å². The number of carbonyl (C=O) groups is 1. The quantitative estimate of drug-likeness (QED) is 0.938. The normalized spacial score (nSPS) is 19.3. The Morgan fingerprint density at radius 1 is 1.04 bits per heavy atom. The van der Waals surface area contributed by atoms with Gasteiger partial charge >= 0.3 is 0 Å². The van der Waals surface area contributed by atoms with E-state index < -0.39 is 0 Å². The summed E-state index contributed by atoms with van der Waals surface area (Å²) in [7, 11) is 0. The second kappa shape index (κ2) is 6.06. The Hall–Kier alpha value is -2.13. The molecular formula is C21H24N2O. The van der Waals surface area contributed by atoms with Crippen LogP contribution in [0.15, 0.2) is 48.5 Å². The van der Waals surface area contributed by atoms with E-state index in [-0.39, 0.29) is 11.3 Å². The molecular weight excluding hydrogens is 296 g/mol. The Morgan fingerprint density at radius 2 is 1.75 bits per heavy atom. The summed E-state index contributed by atoms with van der Waals surface area (Å²) in [6.07, 6.45) is 2.93. The fourth-order valence-corrected chi connectivity index (χ4v) is 4.20. The summed E-state index contributed by atoms with van der Waals surface area (Å²) in [5.41, 5.74) is 4.72. The second-order valence-electron chi connectivity index (χ2n) is 7.10. The van der Waals surface area contributed by atoms with Crippen LogP contribution in [-0.4, -0.2) is 30.4 Å². The van der Waals surface area contributed by atoms with Crippen molar-refractivity contribution < 1.29 is 4.79 Å². The van der Waals surface area contributed by atoms with Gasteiger partial charge in [0.25, 0.3) is 0 Å². The highest BCUT2D eigenvalue weighted by Crippen LogP contribution is 2.44. The number of rotatable bonds is 3. The maximum Gasteiger partial charge on any atom is 0.235 e. The van der Waals surface area contributed by atoms with Crippen LogP contribution >= 0.6 is 0 Å². The van der Waals surface area contributed by atoms with Gasteiger partial charge in [-0.3, -0.25) is 4.79 Å². The summed E-state index contributed by atoms with van der Waals surface area (Å²) in [4.78, 5) is 15.1. The van der Waals surface area contributed by atoms with E-state index in [4.69, 9.17) is 0 Å². The zero-order chi connectivity index (χ0) is 16.6. The van der Waals surface area contributed by atoms with Crippen LogP contribution in [0.4, 0.5) is 5.69 Å². The average Bonchev–Trinajstić information content (AvgIpc) is 2.88. The summed E-state index contributed by atoms with van der Waals surface area (Å²) in [5.74, 6) is 0.197. The SMILES string of the molecule is Cc1ccccc1CCN1CCC2(CC1)C(=O)Nc1ccccc12. The standard InChI is InChI=1S/C21H24N2O/c1-16-6-2-3-7-17(16)10-13-23-14-11-21(12-15-23)18-8-4-5-9-19(18)22-20(21)24/h2-9H,10-15H2,1H3,(H,22,24). The lowest BCUT2D eigenvalue weighted by Gasteiger charge is -2.38. The Bertz CT molecular complexity index is 760. The number of hydrogen-bond donors (Lipinski definition) is 1. The predicted octanol–water partition coefficient (Wildman–Crippen LogP) is 3.52. The van der Waals surface area contributed by atoms with Gasteiger partial charge in [-0.25, -0.2) is 0 Å². The second-order valence-corrected chi connectivity index (χ2v) is 7.10. The number of benzene rings is 2. The Kier molecular flexibility index (Phi) is 3.89. The van der Waals surface area contributed by atoms with Gasteiger partial charge in [0.15, 0.2) is 0 Å². The van der Waals surface area contributed by atoms with Crippen LogP contribution in [-0.2, 0) is 16.6 Å². The van der Waals surface area contributed by atoms with Gasteiger partial charge in [0, 0.05) is 12.2 Å². The first kappa shape index (κ1) is 15.4. The first-order valence-corrected chi connectivity index (χ1v) is 8.87. The molecule has 0 radical (unpaired) electrons. The molecule has 1 spiro atoms. The van der Waals surface area contributed by atoms with E-state index in [0.717, 1.165) is 44.6 Å². The monoisotopic (exact) mass is 320 g/mol. The van der Waals surface area contributed by atoms with E-state index in [1.807, 2.05) is 18.2 Å². The highest BCUT2D eigenvalue weighted by atomic mass is 16.2. The molecule has 1 fully saturated rings. The van der Waals surface area contributed by atoms with Gasteiger partial charge in [-0.05, 0) is 62.0 Å². The number of amides is 1. The number of aryl methyl sites for hydroxylation is 1. The van der Waals surface area contributed by atoms with Gasteiger partial charge < -0.3 is 10.2 Å². The molecule has 0 saturated carbocycles. The molecule has 124 valence electrons. The fourth-order valence-electron chi connectivity index (χ4n) is 4.20. The summed E-state index contributed by atoms with van der Waals surface area (Å²) < 4.78 is 0. The fraction of sp³-hybridized carbons (Fsp3) is 0.381. The van der Waals surface area contributed by atoms with Gasteiger partial charge in [0.2, 0.25) is 5.91 Å². The topological polar surface area (TPSA) is 32.3 Å². The highest BCUT2D eigenvalue weighted by molar-refractivity contribution is 6.06. The summed E-state index contributed by atoms with van der Waals surface area (Å²) in [6, 6.07) is 16.8. The number of likely N-dealkylation sites (tertiary alicyclic amines) is 1. The molecule has 0 aromatic heterocycles. The van der Waals surface area contributed by atoms with Crippen molar-refractivity contribution in [1.82, 2.24) is 4.90 Å². The molecule has 3 heteroatoms. The van der Waals surface area contributed by atoms with Gasteiger partial charge in [0.05, 0.1) is 5.41 Å². The maximum absolute atomic E-state index is 12.6. The van der Waals surface area contributed by atoms with Crippen LogP contribution in [0.1, 0.15) is 29.5 Å². The van der Waals surface area contributed by atoms with Crippen LogP contribution in [0, 0.1) is 6.92 Å². The molecule has 1 saturated heterocycles. The van der Waals surface area contributed by atoms with Crippen molar-refractivity contribution in [3.63, 3.8) is 0 Å². The van der Waals surface area contributed by atoms with E-state index in [9.17, 15) is 4.79 Å². The van der Waals surface area contributed by atoms with Crippen molar-refractivity contribution in [2.24, 2.45) is 0 Å². The molecule has 1 N–H and O–H groups in total. The van der Waals surface area contributed by atoms with Crippen LogP contribution in [0.25, 0.3) is 0 Å². The number of para-hydroxylation sites is 1. The molecule has 2 heterocycles. The van der Waals surface area contributed by atoms with Crippen LogP contribution in [0.5, 0.6) is 0 Å². The molecule has 2 aromatic carbocycles. The Labute approximate surface area is 143 Å². The Morgan fingerprint density at radius 3 is 2.54 bits per heavy atom. The van der Waals surface area contributed by atoms with E-state index >= 15 is 0 Å². The third-order valence-electron chi connectivity index (χ3n) is 5.79. The largest absolute Gasteiger partial charge is 0.325 e. The number of nitrogens with one attached hydrogen (secondary N) is 1. The number of hydrogen-bond acceptors (Lipinski definition) is 2. The van der Waals surface area contributed by atoms with Gasteiger partial charge in [0.1, 0.15) is 0 Å². The number of anilines is 1. The predicted molar refractivity (Wildman–Crippen MR) is 97.3 cm³/mol. The van der Waals surface area contributed by atoms with Gasteiger partial charge in [-0.15, -0.1) is 0 Å². The molecule has 2 aliphatic heterocycles. The first-order valence-electron chi connectivity index (χ1n) is 8.87. The number of fused-ring (bicyclic) bond motifs is 2. The summed E-state index contributed by atoms with van der Waals surface area (Å²) in [5, 5.41) is 3.08. The zero-order valence-corrected chi connectivity index (χ0v) is 14.2. The van der Waals surface area contributed by atoms with E-state index in [1.54, 1.807) is 0 Å². The number of piperidine rings is 1. The number of carbonyl (C=O) groups excluding carboxylic acids is 1. The van der Waals surface area contributed by atoms with Crippen molar-refractivity contribution in [2.75, 3.05) is 25.0 Å². The molecule has 0 bridgehead atoms. The number of nitrogens with zero attached hydrogens (tertiary/aromatic N) is 1. The van der Waals surface area contributed by atoms with Crippen LogP contribution in [0.3, 0.4) is 0 Å². The molecule has 4 rings (SSSR count). The van der Waals surface area contributed by atoms with Crippen molar-refractivity contribution in [3.05, 3.63) is 65.2 Å². The van der Waals surface area contributed by atoms with E-state index in [1.165, 1.54) is 16.7 Å². The van der Waals surface area contributed by atoms with Gasteiger partial charge in [-0.2, -0.15) is 0 Å². The third kappa shape index (κ3) is 2.53. The van der Waals surface area contributed by atoms with Crippen molar-refractivity contribution in [2.45, 2.75) is 31.6 Å². The van der Waals surface area contributed by atoms with Crippen molar-refractivity contribution in [3.8, 4) is 0 Å².